The van der Waals surface area contributed by atoms with Crippen LogP contribution < -0.4 is 11.1 Å². The molecule has 0 aliphatic carbocycles. The Kier molecular flexibility index (Phi) is 7.45. The van der Waals surface area contributed by atoms with Crippen LogP contribution in [0.5, 0.6) is 0 Å². The highest BCUT2D eigenvalue weighted by Gasteiger charge is 2.14. The van der Waals surface area contributed by atoms with Crippen LogP contribution in [0, 0.1) is 0 Å². The highest BCUT2D eigenvalue weighted by Crippen LogP contribution is 2.14. The van der Waals surface area contributed by atoms with E-state index in [1.54, 1.807) is 4.98 Å². The van der Waals surface area contributed by atoms with Crippen molar-refractivity contribution in [1.29, 1.82) is 0 Å². The topological polar surface area (TPSA) is 129 Å². The molecular formula is C15H12F4N2O6. The Balaban J connectivity index is 0.000000271. The average Bonchev–Trinajstić information content (AvgIpc) is 2.60. The van der Waals surface area contributed by atoms with Crippen LogP contribution in [0.25, 0.3) is 0 Å². The maximum atomic E-state index is 12.1. The summed E-state index contributed by atoms with van der Waals surface area (Å²) in [5, 5.41) is 8.39. The van der Waals surface area contributed by atoms with Crippen LogP contribution in [0.4, 0.5) is 17.6 Å². The van der Waals surface area contributed by atoms with E-state index in [9.17, 15) is 36.7 Å². The number of carbonyl (C=O) groups is 2. The maximum Gasteiger partial charge on any atom is 0.343 e. The van der Waals surface area contributed by atoms with E-state index >= 15 is 0 Å². The van der Waals surface area contributed by atoms with E-state index in [4.69, 9.17) is 5.11 Å². The number of methoxy groups -OCH3 is 1. The first-order valence-corrected chi connectivity index (χ1v) is 6.92. The van der Waals surface area contributed by atoms with Crippen LogP contribution in [0.2, 0.25) is 0 Å². The summed E-state index contributed by atoms with van der Waals surface area (Å²) in [6, 6.07) is 3.70. The zero-order chi connectivity index (χ0) is 20.7. The fourth-order valence-electron chi connectivity index (χ4n) is 1.67. The largest absolute Gasteiger partial charge is 0.477 e. The van der Waals surface area contributed by atoms with Crippen molar-refractivity contribution in [2.24, 2.45) is 0 Å². The highest BCUT2D eigenvalue weighted by molar-refractivity contribution is 5.88. The second-order valence-electron chi connectivity index (χ2n) is 4.71. The fourth-order valence-corrected chi connectivity index (χ4v) is 1.67. The molecule has 0 aliphatic rings. The Bertz CT molecular complexity index is 938. The molecule has 146 valence electrons. The Morgan fingerprint density at radius 2 is 1.30 bits per heavy atom. The van der Waals surface area contributed by atoms with Gasteiger partial charge in [-0.05, 0) is 24.3 Å². The predicted molar refractivity (Wildman–Crippen MR) is 82.3 cm³/mol. The molecule has 0 amide bonds. The SMILES string of the molecule is COC(=O)c1ccc(C(F)F)[nH]c1=O.O=C(O)c1ccc(C(F)F)[nH]c1=O. The van der Waals surface area contributed by atoms with Crippen LogP contribution in [0.15, 0.2) is 33.9 Å². The number of H-pyrrole nitrogens is 2. The minimum absolute atomic E-state index is 0.295. The number of ether oxygens (including phenoxy) is 1. The van der Waals surface area contributed by atoms with Gasteiger partial charge in [0.2, 0.25) is 0 Å². The molecule has 0 aromatic carbocycles. The summed E-state index contributed by atoms with van der Waals surface area (Å²) >= 11 is 0. The number of rotatable bonds is 4. The summed E-state index contributed by atoms with van der Waals surface area (Å²) in [4.78, 5) is 46.7. The number of esters is 1. The normalized spacial score (nSPS) is 10.3. The van der Waals surface area contributed by atoms with E-state index in [-0.39, 0.29) is 5.56 Å². The summed E-state index contributed by atoms with van der Waals surface area (Å²) in [7, 11) is 1.10. The molecule has 2 rings (SSSR count). The number of aromatic amines is 2. The van der Waals surface area contributed by atoms with E-state index in [0.717, 1.165) is 31.4 Å². The van der Waals surface area contributed by atoms with Gasteiger partial charge >= 0.3 is 11.9 Å². The molecule has 12 heteroatoms. The molecule has 2 aromatic rings. The molecule has 2 heterocycles. The van der Waals surface area contributed by atoms with Gasteiger partial charge in [0.1, 0.15) is 11.1 Å². The molecule has 0 saturated carbocycles. The van der Waals surface area contributed by atoms with Crippen LogP contribution in [0.3, 0.4) is 0 Å². The molecule has 0 atom stereocenters. The Morgan fingerprint density at radius 1 is 0.889 bits per heavy atom. The molecule has 0 aliphatic heterocycles. The van der Waals surface area contributed by atoms with Crippen molar-refractivity contribution in [3.8, 4) is 0 Å². The number of aromatic nitrogens is 2. The number of pyridine rings is 2. The number of halogens is 4. The van der Waals surface area contributed by atoms with Gasteiger partial charge in [0.25, 0.3) is 24.0 Å². The zero-order valence-electron chi connectivity index (χ0n) is 13.5. The van der Waals surface area contributed by atoms with Gasteiger partial charge in [-0.3, -0.25) is 9.59 Å². The summed E-state index contributed by atoms with van der Waals surface area (Å²) in [6.07, 6.45) is -5.58. The van der Waals surface area contributed by atoms with Crippen LogP contribution in [-0.4, -0.2) is 34.1 Å². The second kappa shape index (κ2) is 9.31. The molecule has 27 heavy (non-hydrogen) atoms. The lowest BCUT2D eigenvalue weighted by atomic mass is 10.2. The number of hydrogen-bond acceptors (Lipinski definition) is 5. The fraction of sp³-hybridized carbons (Fsp3) is 0.200. The van der Waals surface area contributed by atoms with Crippen molar-refractivity contribution in [3.05, 3.63) is 67.5 Å². The number of carboxylic acid groups (broad SMARTS) is 1. The Hall–Kier alpha value is -3.44. The van der Waals surface area contributed by atoms with Crippen molar-refractivity contribution in [2.75, 3.05) is 7.11 Å². The van der Waals surface area contributed by atoms with Gasteiger partial charge in [0.05, 0.1) is 18.5 Å². The predicted octanol–water partition coefficient (Wildman–Crippen LogP) is 2.11. The van der Waals surface area contributed by atoms with Crippen LogP contribution >= 0.6 is 0 Å². The van der Waals surface area contributed by atoms with Gasteiger partial charge in [-0.15, -0.1) is 0 Å². The van der Waals surface area contributed by atoms with Crippen molar-refractivity contribution < 1.29 is 37.0 Å². The quantitative estimate of drug-likeness (QED) is 0.540. The third kappa shape index (κ3) is 5.80. The van der Waals surface area contributed by atoms with Crippen molar-refractivity contribution in [2.45, 2.75) is 12.9 Å². The van der Waals surface area contributed by atoms with Gasteiger partial charge in [-0.25, -0.2) is 27.2 Å². The number of carboxylic acids is 1. The molecule has 0 saturated heterocycles. The number of alkyl halides is 4. The van der Waals surface area contributed by atoms with E-state index in [1.807, 2.05) is 4.98 Å². The van der Waals surface area contributed by atoms with Crippen LogP contribution in [0.1, 0.15) is 45.0 Å². The number of carbonyl (C=O) groups excluding carboxylic acids is 1. The maximum absolute atomic E-state index is 12.1. The third-order valence-electron chi connectivity index (χ3n) is 2.97. The lowest BCUT2D eigenvalue weighted by Crippen LogP contribution is -2.19. The van der Waals surface area contributed by atoms with E-state index in [1.165, 1.54) is 0 Å². The summed E-state index contributed by atoms with van der Waals surface area (Å²) < 4.78 is 52.3. The van der Waals surface area contributed by atoms with Crippen molar-refractivity contribution in [3.63, 3.8) is 0 Å². The molecule has 0 unspecified atom stereocenters. The molecule has 2 aromatic heterocycles. The lowest BCUT2D eigenvalue weighted by Gasteiger charge is -2.01. The number of aromatic carboxylic acids is 1. The first-order valence-electron chi connectivity index (χ1n) is 6.92. The first-order chi connectivity index (χ1) is 12.6. The van der Waals surface area contributed by atoms with E-state index in [2.05, 4.69) is 4.74 Å². The van der Waals surface area contributed by atoms with Gasteiger partial charge in [0.15, 0.2) is 0 Å². The monoisotopic (exact) mass is 392 g/mol. The van der Waals surface area contributed by atoms with Gasteiger partial charge in [-0.1, -0.05) is 0 Å². The third-order valence-corrected chi connectivity index (χ3v) is 2.97. The minimum Gasteiger partial charge on any atom is -0.477 e. The van der Waals surface area contributed by atoms with E-state index < -0.39 is 52.9 Å². The molecule has 0 bridgehead atoms. The smallest absolute Gasteiger partial charge is 0.343 e. The Morgan fingerprint density at radius 3 is 1.59 bits per heavy atom. The van der Waals surface area contributed by atoms with Crippen molar-refractivity contribution >= 4 is 11.9 Å². The van der Waals surface area contributed by atoms with Gasteiger partial charge in [0, 0.05) is 0 Å². The van der Waals surface area contributed by atoms with Gasteiger partial charge in [-0.2, -0.15) is 0 Å². The first kappa shape index (κ1) is 21.6. The lowest BCUT2D eigenvalue weighted by molar-refractivity contribution is 0.0597. The highest BCUT2D eigenvalue weighted by atomic mass is 19.3. The molecule has 0 spiro atoms. The number of nitrogens with one attached hydrogen (secondary N) is 2. The number of hydrogen-bond donors (Lipinski definition) is 3. The molecule has 8 nitrogen and oxygen atoms in total. The summed E-state index contributed by atoms with van der Waals surface area (Å²) in [5.41, 5.74) is -3.86. The summed E-state index contributed by atoms with van der Waals surface area (Å²) in [6.45, 7) is 0. The Labute approximate surface area is 147 Å². The zero-order valence-corrected chi connectivity index (χ0v) is 13.5. The van der Waals surface area contributed by atoms with Crippen LogP contribution in [-0.2, 0) is 4.74 Å². The second-order valence-corrected chi connectivity index (χ2v) is 4.71. The summed E-state index contributed by atoms with van der Waals surface area (Å²) in [5.74, 6) is -2.30. The molecule has 3 N–H and O–H groups in total. The molecule has 0 fully saturated rings. The minimum atomic E-state index is -2.81. The average molecular weight is 392 g/mol. The standard InChI is InChI=1S/C8H7F2NO3.C7H5F2NO3/c1-14-8(13)4-2-3-5(6(9)10)11-7(4)12;8-5(9)4-2-1-3(7(12)13)6(11)10-4/h2-3,6H,1H3,(H,11,12);1-2,5H,(H,10,11)(H,12,13). The van der Waals surface area contributed by atoms with E-state index in [0.29, 0.717) is 0 Å². The molecule has 0 radical (unpaired) electrons. The molecular weight excluding hydrogens is 380 g/mol. The van der Waals surface area contributed by atoms with Gasteiger partial charge < -0.3 is 19.8 Å². The van der Waals surface area contributed by atoms with Crippen molar-refractivity contribution in [1.82, 2.24) is 9.97 Å².